The fraction of sp³-hybridized carbons (Fsp3) is 0.800. The molecule has 1 atom stereocenters. The van der Waals surface area contributed by atoms with Crippen molar-refractivity contribution in [2.45, 2.75) is 26.3 Å². The summed E-state index contributed by atoms with van der Waals surface area (Å²) in [5.74, 6) is 0.0976. The Hall–Kier alpha value is -1.10. The maximum atomic E-state index is 11.3. The highest BCUT2D eigenvalue weighted by Crippen LogP contribution is 2.04. The van der Waals surface area contributed by atoms with Crippen LogP contribution in [0.25, 0.3) is 0 Å². The topological polar surface area (TPSA) is 67.4 Å². The summed E-state index contributed by atoms with van der Waals surface area (Å²) in [6, 6.07) is -0.310. The van der Waals surface area contributed by atoms with E-state index in [1.165, 1.54) is 0 Å². The Morgan fingerprint density at radius 2 is 2.33 bits per heavy atom. The average Bonchev–Trinajstić information content (AvgIpc) is 2.58. The van der Waals surface area contributed by atoms with Crippen molar-refractivity contribution in [3.05, 3.63) is 0 Å². The molecule has 1 heterocycles. The highest BCUT2D eigenvalue weighted by atomic mass is 16.5. The second kappa shape index (κ2) is 5.70. The first-order valence-corrected chi connectivity index (χ1v) is 5.26. The first kappa shape index (κ1) is 12.0. The molecule has 0 aromatic heterocycles. The number of hydrogen-bond acceptors (Lipinski definition) is 4. The molecule has 0 bridgehead atoms. The lowest BCUT2D eigenvalue weighted by Gasteiger charge is -2.10. The van der Waals surface area contributed by atoms with Gasteiger partial charge >= 0.3 is 5.97 Å². The van der Waals surface area contributed by atoms with Gasteiger partial charge in [-0.1, -0.05) is 13.8 Å². The number of ether oxygens (including phenoxy) is 1. The zero-order valence-electron chi connectivity index (χ0n) is 9.21. The number of amides is 1. The summed E-state index contributed by atoms with van der Waals surface area (Å²) in [6.45, 7) is 5.34. The van der Waals surface area contributed by atoms with E-state index in [0.717, 1.165) is 0 Å². The fourth-order valence-electron chi connectivity index (χ4n) is 1.28. The van der Waals surface area contributed by atoms with Gasteiger partial charge in [-0.3, -0.25) is 14.9 Å². The van der Waals surface area contributed by atoms with Gasteiger partial charge in [0.25, 0.3) is 0 Å². The quantitative estimate of drug-likeness (QED) is 0.615. The molecule has 0 aromatic carbocycles. The highest BCUT2D eigenvalue weighted by molar-refractivity contribution is 5.81. The third-order valence-corrected chi connectivity index (χ3v) is 2.15. The predicted octanol–water partition coefficient (Wildman–Crippen LogP) is -0.336. The van der Waals surface area contributed by atoms with Crippen LogP contribution in [0, 0.1) is 5.92 Å². The summed E-state index contributed by atoms with van der Waals surface area (Å²) in [6.07, 6.45) is 0.649. The van der Waals surface area contributed by atoms with Gasteiger partial charge in [-0.25, -0.2) is 0 Å². The number of carbonyl (C=O) groups is 2. The predicted molar refractivity (Wildman–Crippen MR) is 55.2 cm³/mol. The summed E-state index contributed by atoms with van der Waals surface area (Å²) >= 11 is 0. The monoisotopic (exact) mass is 214 g/mol. The van der Waals surface area contributed by atoms with Crippen molar-refractivity contribution in [1.29, 1.82) is 0 Å². The van der Waals surface area contributed by atoms with Crippen molar-refractivity contribution in [2.24, 2.45) is 5.92 Å². The van der Waals surface area contributed by atoms with Gasteiger partial charge < -0.3 is 10.1 Å². The normalized spacial score (nSPS) is 20.5. The van der Waals surface area contributed by atoms with E-state index in [4.69, 9.17) is 4.74 Å². The molecular formula is C10H18N2O3. The van der Waals surface area contributed by atoms with E-state index < -0.39 is 0 Å². The van der Waals surface area contributed by atoms with Gasteiger partial charge in [0, 0.05) is 13.0 Å². The van der Waals surface area contributed by atoms with Crippen LogP contribution in [0.3, 0.4) is 0 Å². The Kier molecular flexibility index (Phi) is 4.55. The van der Waals surface area contributed by atoms with Crippen LogP contribution in [-0.2, 0) is 14.3 Å². The molecule has 0 aromatic rings. The maximum Gasteiger partial charge on any atom is 0.323 e. The van der Waals surface area contributed by atoms with Crippen LogP contribution in [0.2, 0.25) is 0 Å². The molecule has 2 N–H and O–H groups in total. The average molecular weight is 214 g/mol. The van der Waals surface area contributed by atoms with Crippen molar-refractivity contribution in [3.63, 3.8) is 0 Å². The summed E-state index contributed by atoms with van der Waals surface area (Å²) in [5.41, 5.74) is 0. The molecule has 86 valence electrons. The van der Waals surface area contributed by atoms with Crippen LogP contribution >= 0.6 is 0 Å². The lowest BCUT2D eigenvalue weighted by molar-refractivity contribution is -0.139. The minimum atomic E-state index is -0.310. The number of esters is 1. The summed E-state index contributed by atoms with van der Waals surface area (Å²) in [5, 5.41) is 5.64. The molecule has 0 radical (unpaired) electrons. The smallest absolute Gasteiger partial charge is 0.323 e. The molecule has 0 saturated carbocycles. The maximum absolute atomic E-state index is 11.3. The first-order chi connectivity index (χ1) is 7.09. The third kappa shape index (κ3) is 4.29. The zero-order chi connectivity index (χ0) is 11.3. The number of nitrogens with one attached hydrogen (secondary N) is 2. The largest absolute Gasteiger partial charge is 0.464 e. The fourth-order valence-corrected chi connectivity index (χ4v) is 1.28. The molecule has 5 heteroatoms. The van der Waals surface area contributed by atoms with E-state index in [2.05, 4.69) is 10.6 Å². The molecule has 5 nitrogen and oxygen atoms in total. The van der Waals surface area contributed by atoms with Gasteiger partial charge in [-0.15, -0.1) is 0 Å². The van der Waals surface area contributed by atoms with E-state index in [9.17, 15) is 9.59 Å². The van der Waals surface area contributed by atoms with Gasteiger partial charge in [-0.2, -0.15) is 0 Å². The Morgan fingerprint density at radius 3 is 2.87 bits per heavy atom. The van der Waals surface area contributed by atoms with Crippen molar-refractivity contribution < 1.29 is 14.3 Å². The summed E-state index contributed by atoms with van der Waals surface area (Å²) < 4.78 is 4.76. The van der Waals surface area contributed by atoms with Crippen LogP contribution in [-0.4, -0.2) is 37.6 Å². The Bertz CT molecular complexity index is 241. The van der Waals surface area contributed by atoms with Gasteiger partial charge in [0.1, 0.15) is 6.04 Å². The van der Waals surface area contributed by atoms with Crippen LogP contribution < -0.4 is 10.6 Å². The lowest BCUT2D eigenvalue weighted by atomic mass is 10.2. The number of cyclic esters (lactones) is 1. The minimum Gasteiger partial charge on any atom is -0.464 e. The number of rotatable bonds is 5. The molecule has 1 aliphatic rings. The highest BCUT2D eigenvalue weighted by Gasteiger charge is 2.26. The van der Waals surface area contributed by atoms with E-state index in [-0.39, 0.29) is 24.5 Å². The molecule has 1 saturated heterocycles. The van der Waals surface area contributed by atoms with Crippen molar-refractivity contribution in [3.8, 4) is 0 Å². The minimum absolute atomic E-state index is 0.0802. The number of hydrogen-bond donors (Lipinski definition) is 2. The van der Waals surface area contributed by atoms with Crippen molar-refractivity contribution in [2.75, 3.05) is 19.7 Å². The molecule has 15 heavy (non-hydrogen) atoms. The van der Waals surface area contributed by atoms with E-state index in [1.54, 1.807) is 0 Å². The van der Waals surface area contributed by atoms with Gasteiger partial charge in [-0.05, 0) is 5.92 Å². The van der Waals surface area contributed by atoms with Gasteiger partial charge in [0.15, 0.2) is 0 Å². The SMILES string of the molecule is CC(C)CNC(=O)CNC1CCOC1=O. The van der Waals surface area contributed by atoms with Gasteiger partial charge in [0.2, 0.25) is 5.91 Å². The van der Waals surface area contributed by atoms with Crippen LogP contribution in [0.15, 0.2) is 0 Å². The Morgan fingerprint density at radius 1 is 1.60 bits per heavy atom. The third-order valence-electron chi connectivity index (χ3n) is 2.15. The molecule has 1 aliphatic heterocycles. The van der Waals surface area contributed by atoms with Crippen LogP contribution in [0.1, 0.15) is 20.3 Å². The molecule has 0 spiro atoms. The van der Waals surface area contributed by atoms with Crippen LogP contribution in [0.5, 0.6) is 0 Å². The second-order valence-corrected chi connectivity index (χ2v) is 4.09. The molecule has 1 rings (SSSR count). The standard InChI is InChI=1S/C10H18N2O3/c1-7(2)5-12-9(13)6-11-8-3-4-15-10(8)14/h7-8,11H,3-6H2,1-2H3,(H,12,13). The summed E-state index contributed by atoms with van der Waals surface area (Å²) in [4.78, 5) is 22.3. The van der Waals surface area contributed by atoms with E-state index in [1.807, 2.05) is 13.8 Å². The van der Waals surface area contributed by atoms with Crippen molar-refractivity contribution >= 4 is 11.9 Å². The number of carbonyl (C=O) groups excluding carboxylic acids is 2. The second-order valence-electron chi connectivity index (χ2n) is 4.09. The van der Waals surface area contributed by atoms with Crippen LogP contribution in [0.4, 0.5) is 0 Å². The molecule has 1 fully saturated rings. The molecule has 1 unspecified atom stereocenters. The lowest BCUT2D eigenvalue weighted by Crippen LogP contribution is -2.41. The van der Waals surface area contributed by atoms with Crippen molar-refractivity contribution in [1.82, 2.24) is 10.6 Å². The van der Waals surface area contributed by atoms with E-state index in [0.29, 0.717) is 25.5 Å². The molecule has 1 amide bonds. The summed E-state index contributed by atoms with van der Waals surface area (Å²) in [7, 11) is 0. The first-order valence-electron chi connectivity index (χ1n) is 5.26. The zero-order valence-corrected chi connectivity index (χ0v) is 9.21. The Balaban J connectivity index is 2.13. The van der Waals surface area contributed by atoms with Gasteiger partial charge in [0.05, 0.1) is 13.2 Å². The Labute approximate surface area is 89.6 Å². The van der Waals surface area contributed by atoms with E-state index >= 15 is 0 Å². The molecular weight excluding hydrogens is 196 g/mol. The molecule has 0 aliphatic carbocycles.